The number of benzene rings is 1. The van der Waals surface area contributed by atoms with Crippen LogP contribution < -0.4 is 4.74 Å². The summed E-state index contributed by atoms with van der Waals surface area (Å²) in [7, 11) is 0. The van der Waals surface area contributed by atoms with E-state index in [1.54, 1.807) is 12.1 Å². The molecule has 0 saturated carbocycles. The molecule has 1 aromatic carbocycles. The second kappa shape index (κ2) is 7.86. The summed E-state index contributed by atoms with van der Waals surface area (Å²) in [6.45, 7) is 10.6. The summed E-state index contributed by atoms with van der Waals surface area (Å²) < 4.78 is 46.7. The Balaban J connectivity index is 0.00000127. The van der Waals surface area contributed by atoms with Gasteiger partial charge in [-0.15, -0.1) is 13.2 Å². The maximum atomic E-state index is 12.3. The minimum absolute atomic E-state index is 0.203. The summed E-state index contributed by atoms with van der Waals surface area (Å²) in [6.07, 6.45) is -2.87. The van der Waals surface area contributed by atoms with Gasteiger partial charge in [-0.25, -0.2) is 0 Å². The second-order valence-electron chi connectivity index (χ2n) is 5.48. The summed E-state index contributed by atoms with van der Waals surface area (Å²) in [5.74, 6) is -0.203. The third kappa shape index (κ3) is 5.27. The van der Waals surface area contributed by atoms with Gasteiger partial charge in [-0.2, -0.15) is 0 Å². The quantitative estimate of drug-likeness (QED) is 0.620. The van der Waals surface area contributed by atoms with Gasteiger partial charge in [0, 0.05) is 0 Å². The topological polar surface area (TPSA) is 21.8 Å². The van der Waals surface area contributed by atoms with Crippen molar-refractivity contribution in [1.29, 1.82) is 0 Å². The minimum atomic E-state index is -4.68. The second-order valence-corrected chi connectivity index (χ2v) is 5.48. The third-order valence-corrected chi connectivity index (χ3v) is 3.46. The molecule has 1 unspecified atom stereocenters. The number of rotatable bonds is 5. The molecule has 0 amide bonds. The maximum absolute atomic E-state index is 12.3. The molecule has 1 aromatic rings. The Bertz CT molecular complexity index is 539. The van der Waals surface area contributed by atoms with Gasteiger partial charge >= 0.3 is 6.36 Å². The Morgan fingerprint density at radius 1 is 1.26 bits per heavy atom. The van der Waals surface area contributed by atoms with Gasteiger partial charge in [0.1, 0.15) is 11.4 Å². The van der Waals surface area contributed by atoms with E-state index >= 15 is 0 Å². The normalized spacial score (nSPS) is 19.5. The Morgan fingerprint density at radius 2 is 1.87 bits per heavy atom. The average Bonchev–Trinajstić information content (AvgIpc) is 3.20. The van der Waals surface area contributed by atoms with E-state index in [2.05, 4.69) is 11.7 Å². The van der Waals surface area contributed by atoms with E-state index in [1.165, 1.54) is 12.1 Å². The van der Waals surface area contributed by atoms with Crippen LogP contribution in [0.25, 0.3) is 5.57 Å². The lowest BCUT2D eigenvalue weighted by Gasteiger charge is -2.19. The van der Waals surface area contributed by atoms with Gasteiger partial charge in [-0.05, 0) is 43.5 Å². The van der Waals surface area contributed by atoms with Crippen molar-refractivity contribution in [3.05, 3.63) is 35.4 Å². The fourth-order valence-corrected chi connectivity index (χ4v) is 2.76. The van der Waals surface area contributed by atoms with Crippen LogP contribution in [0.5, 0.6) is 5.75 Å². The van der Waals surface area contributed by atoms with Gasteiger partial charge in [0.15, 0.2) is 0 Å². The summed E-state index contributed by atoms with van der Waals surface area (Å²) in [5, 5.41) is 0. The van der Waals surface area contributed by atoms with Crippen molar-refractivity contribution < 1.29 is 22.6 Å². The highest BCUT2D eigenvalue weighted by atomic mass is 19.4. The molecule has 0 spiro atoms. The Morgan fingerprint density at radius 3 is 2.30 bits per heavy atom. The van der Waals surface area contributed by atoms with Gasteiger partial charge < -0.3 is 9.47 Å². The Hall–Kier alpha value is -1.49. The van der Waals surface area contributed by atoms with Crippen molar-refractivity contribution >= 4 is 5.57 Å². The predicted molar refractivity (Wildman–Crippen MR) is 86.3 cm³/mol. The van der Waals surface area contributed by atoms with Crippen LogP contribution in [0.4, 0.5) is 13.2 Å². The molecule has 1 atom stereocenters. The minimum Gasteiger partial charge on any atom is -0.406 e. The van der Waals surface area contributed by atoms with E-state index < -0.39 is 6.36 Å². The molecule has 130 valence electrons. The molecular formula is C18H25F3O2. The van der Waals surface area contributed by atoms with Crippen molar-refractivity contribution in [2.45, 2.75) is 59.4 Å². The number of hydrogen-bond donors (Lipinski definition) is 0. The molecule has 2 rings (SSSR count). The zero-order valence-corrected chi connectivity index (χ0v) is 14.4. The zero-order valence-electron chi connectivity index (χ0n) is 14.4. The Labute approximate surface area is 136 Å². The maximum Gasteiger partial charge on any atom is 0.573 e. The zero-order chi connectivity index (χ0) is 17.7. The summed E-state index contributed by atoms with van der Waals surface area (Å²) in [6, 6.07) is 6.10. The molecular weight excluding hydrogens is 305 g/mol. The first-order valence-corrected chi connectivity index (χ1v) is 7.95. The molecule has 5 heteroatoms. The average molecular weight is 330 g/mol. The van der Waals surface area contributed by atoms with Crippen LogP contribution >= 0.6 is 0 Å². The van der Waals surface area contributed by atoms with Gasteiger partial charge in [-0.3, -0.25) is 0 Å². The van der Waals surface area contributed by atoms with Crippen molar-refractivity contribution in [3.63, 3.8) is 0 Å². The van der Waals surface area contributed by atoms with E-state index in [4.69, 9.17) is 4.74 Å². The molecule has 0 aromatic heterocycles. The van der Waals surface area contributed by atoms with Crippen molar-refractivity contribution in [2.24, 2.45) is 0 Å². The number of epoxide rings is 1. The standard InChI is InChI=1S/C16H19F3O2.C2H6/c1-4-8-15(10-20-15)14(11(2)3)12-6-5-7-13(9-12)21-16(17,18)19;1-2/h5-7,9H,4,8,10H2,1-3H3;1-2H3. The monoisotopic (exact) mass is 330 g/mol. The van der Waals surface area contributed by atoms with Crippen LogP contribution in [0.2, 0.25) is 0 Å². The summed E-state index contributed by atoms with van der Waals surface area (Å²) >= 11 is 0. The fourth-order valence-electron chi connectivity index (χ4n) is 2.76. The highest BCUT2D eigenvalue weighted by molar-refractivity contribution is 5.77. The van der Waals surface area contributed by atoms with Crippen LogP contribution in [0, 0.1) is 0 Å². The van der Waals surface area contributed by atoms with E-state index in [-0.39, 0.29) is 11.4 Å². The first kappa shape index (κ1) is 19.6. The fraction of sp³-hybridized carbons (Fsp3) is 0.556. The molecule has 1 aliphatic rings. The van der Waals surface area contributed by atoms with Crippen LogP contribution in [0.15, 0.2) is 29.8 Å². The lowest BCUT2D eigenvalue weighted by molar-refractivity contribution is -0.274. The van der Waals surface area contributed by atoms with E-state index in [0.29, 0.717) is 6.61 Å². The summed E-state index contributed by atoms with van der Waals surface area (Å²) in [5.41, 5.74) is 2.40. The highest BCUT2D eigenvalue weighted by Crippen LogP contribution is 2.46. The third-order valence-electron chi connectivity index (χ3n) is 3.46. The molecule has 0 N–H and O–H groups in total. The van der Waals surface area contributed by atoms with Gasteiger partial charge in [-0.1, -0.05) is 44.9 Å². The van der Waals surface area contributed by atoms with Gasteiger partial charge in [0.2, 0.25) is 0 Å². The molecule has 0 aliphatic carbocycles. The number of ether oxygens (including phenoxy) is 2. The summed E-state index contributed by atoms with van der Waals surface area (Å²) in [4.78, 5) is 0. The van der Waals surface area contributed by atoms with Gasteiger partial charge in [0.25, 0.3) is 0 Å². The van der Waals surface area contributed by atoms with Crippen molar-refractivity contribution in [1.82, 2.24) is 0 Å². The lowest BCUT2D eigenvalue weighted by atomic mass is 9.86. The molecule has 1 heterocycles. The van der Waals surface area contributed by atoms with E-state index in [0.717, 1.165) is 29.6 Å². The molecule has 1 fully saturated rings. The highest BCUT2D eigenvalue weighted by Gasteiger charge is 2.48. The molecule has 0 bridgehead atoms. The van der Waals surface area contributed by atoms with Gasteiger partial charge in [0.05, 0.1) is 6.61 Å². The molecule has 1 aliphatic heterocycles. The van der Waals surface area contributed by atoms with Crippen molar-refractivity contribution in [2.75, 3.05) is 6.61 Å². The first-order chi connectivity index (χ1) is 10.8. The van der Waals surface area contributed by atoms with Crippen LogP contribution in [-0.2, 0) is 4.74 Å². The number of allylic oxidation sites excluding steroid dienone is 1. The van der Waals surface area contributed by atoms with Crippen LogP contribution in [0.1, 0.15) is 53.0 Å². The van der Waals surface area contributed by atoms with E-state index in [9.17, 15) is 13.2 Å². The molecule has 23 heavy (non-hydrogen) atoms. The lowest BCUT2D eigenvalue weighted by Crippen LogP contribution is -2.18. The smallest absolute Gasteiger partial charge is 0.406 e. The number of alkyl halides is 3. The number of hydrogen-bond acceptors (Lipinski definition) is 2. The predicted octanol–water partition coefficient (Wildman–Crippen LogP) is 5.97. The van der Waals surface area contributed by atoms with Crippen LogP contribution in [0.3, 0.4) is 0 Å². The van der Waals surface area contributed by atoms with E-state index in [1.807, 2.05) is 27.7 Å². The number of halogens is 3. The Kier molecular flexibility index (Phi) is 6.69. The molecule has 1 saturated heterocycles. The van der Waals surface area contributed by atoms with Crippen LogP contribution in [-0.4, -0.2) is 18.6 Å². The SMILES string of the molecule is CC.CCCC1(C(=C(C)C)c2cccc(OC(F)(F)F)c2)CO1. The van der Waals surface area contributed by atoms with Crippen molar-refractivity contribution in [3.8, 4) is 5.75 Å². The molecule has 0 radical (unpaired) electrons. The largest absolute Gasteiger partial charge is 0.573 e. The first-order valence-electron chi connectivity index (χ1n) is 7.95. The molecule has 2 nitrogen and oxygen atoms in total.